The van der Waals surface area contributed by atoms with Gasteiger partial charge in [-0.05, 0) is 42.5 Å². The van der Waals surface area contributed by atoms with E-state index in [-0.39, 0.29) is 30.2 Å². The number of nitrogens with one attached hydrogen (secondary N) is 1. The second-order valence-electron chi connectivity index (χ2n) is 9.69. The lowest BCUT2D eigenvalue weighted by atomic mass is 9.83. The number of benzene rings is 1. The lowest BCUT2D eigenvalue weighted by Gasteiger charge is -2.30. The van der Waals surface area contributed by atoms with Crippen LogP contribution in [0.2, 0.25) is 0 Å². The van der Waals surface area contributed by atoms with Gasteiger partial charge < -0.3 is 10.2 Å². The Morgan fingerprint density at radius 1 is 1.17 bits per heavy atom. The van der Waals surface area contributed by atoms with Crippen LogP contribution < -0.4 is 5.32 Å². The first-order valence-corrected chi connectivity index (χ1v) is 13.4. The highest BCUT2D eigenvalue weighted by Crippen LogP contribution is 2.39. The van der Waals surface area contributed by atoms with Crippen LogP contribution in [0.15, 0.2) is 42.6 Å². The Labute approximate surface area is 206 Å². The molecule has 2 heterocycles. The van der Waals surface area contributed by atoms with Crippen molar-refractivity contribution in [3.05, 3.63) is 59.4 Å². The molecule has 1 aromatic carbocycles. The van der Waals surface area contributed by atoms with Gasteiger partial charge in [0.2, 0.25) is 5.91 Å². The number of amides is 1. The number of halogens is 3. The van der Waals surface area contributed by atoms with Crippen LogP contribution in [0.5, 0.6) is 0 Å². The third-order valence-corrected chi connectivity index (χ3v) is 8.57. The molecule has 1 aromatic heterocycles. The molecular weight excluding hydrogens is 479 g/mol. The Hall–Kier alpha value is -2.62. The summed E-state index contributed by atoms with van der Waals surface area (Å²) in [5.41, 5.74) is 4.62. The molecule has 1 atom stereocenters. The summed E-state index contributed by atoms with van der Waals surface area (Å²) in [5.74, 6) is 0.0131. The minimum absolute atomic E-state index is 0. The molecule has 0 radical (unpaired) electrons. The molecule has 1 amide bonds. The van der Waals surface area contributed by atoms with Crippen molar-refractivity contribution in [2.24, 2.45) is 5.92 Å². The van der Waals surface area contributed by atoms with Gasteiger partial charge in [-0.2, -0.15) is 13.2 Å². The topological polar surface area (TPSA) is 79.4 Å². The summed E-state index contributed by atoms with van der Waals surface area (Å²) in [6.45, 7) is 1.30. The molecule has 1 aliphatic carbocycles. The molecule has 194 valence electrons. The average Bonchev–Trinajstić information content (AvgIpc) is 3.04. The first-order valence-electron chi connectivity index (χ1n) is 11.6. The average molecular weight is 514 g/mol. The molecular formula is C25H34F3N3O3S. The molecule has 2 aliphatic rings. The maximum absolute atomic E-state index is 12.7. The normalized spacial score (nSPS) is 20.5. The van der Waals surface area contributed by atoms with Gasteiger partial charge in [0.05, 0.1) is 35.6 Å². The van der Waals surface area contributed by atoms with E-state index >= 15 is 0 Å². The molecule has 6 nitrogen and oxygen atoms in total. The molecule has 4 rings (SSSR count). The number of alkyl halides is 3. The molecule has 1 N–H and O–H groups in total. The van der Waals surface area contributed by atoms with Crippen molar-refractivity contribution in [3.8, 4) is 0 Å². The van der Waals surface area contributed by atoms with Crippen molar-refractivity contribution in [1.29, 1.82) is 0 Å². The minimum atomic E-state index is -3.67. The Morgan fingerprint density at radius 2 is 1.80 bits per heavy atom. The first kappa shape index (κ1) is 27.0. The van der Waals surface area contributed by atoms with E-state index in [4.69, 9.17) is 0 Å². The second kappa shape index (κ2) is 11.0. The smallest absolute Gasteiger partial charge is 0.379 e. The number of pyridine rings is 1. The van der Waals surface area contributed by atoms with Crippen LogP contribution in [-0.4, -0.2) is 55.5 Å². The van der Waals surface area contributed by atoms with E-state index in [0.717, 1.165) is 17.8 Å². The number of rotatable bonds is 5. The predicted octanol–water partition coefficient (Wildman–Crippen LogP) is 4.60. The van der Waals surface area contributed by atoms with Crippen LogP contribution in [0.4, 0.5) is 18.9 Å². The summed E-state index contributed by atoms with van der Waals surface area (Å²) < 4.78 is 52.2. The number of hydrogen-bond acceptors (Lipinski definition) is 5. The highest BCUT2D eigenvalue weighted by molar-refractivity contribution is 7.91. The molecule has 35 heavy (non-hydrogen) atoms. The lowest BCUT2D eigenvalue weighted by Crippen LogP contribution is -2.37. The SMILES string of the molecule is CN(Cc1ccc(NC2Cc3ccccc3C2(C)C)cn1)C(=O)C1CCS(=O)(=O)CC1.FC(F)F.[HH]. The third kappa shape index (κ3) is 6.96. The molecule has 1 fully saturated rings. The maximum Gasteiger partial charge on any atom is 0.379 e. The van der Waals surface area contributed by atoms with Crippen LogP contribution in [0, 0.1) is 5.92 Å². The van der Waals surface area contributed by atoms with E-state index in [1.165, 1.54) is 11.1 Å². The van der Waals surface area contributed by atoms with Crippen molar-refractivity contribution in [1.82, 2.24) is 9.88 Å². The Bertz CT molecular complexity index is 1110. The summed E-state index contributed by atoms with van der Waals surface area (Å²) in [4.78, 5) is 18.9. The molecule has 0 bridgehead atoms. The molecule has 1 unspecified atom stereocenters. The molecule has 2 aromatic rings. The summed E-state index contributed by atoms with van der Waals surface area (Å²) in [6.07, 6.45) is 3.65. The van der Waals surface area contributed by atoms with Crippen molar-refractivity contribution < 1.29 is 27.8 Å². The van der Waals surface area contributed by atoms with Crippen molar-refractivity contribution in [3.63, 3.8) is 0 Å². The zero-order valence-corrected chi connectivity index (χ0v) is 21.0. The predicted molar refractivity (Wildman–Crippen MR) is 132 cm³/mol. The van der Waals surface area contributed by atoms with Crippen molar-refractivity contribution in [2.75, 3.05) is 23.9 Å². The summed E-state index contributed by atoms with van der Waals surface area (Å²) in [5, 5.41) is 3.64. The number of aromatic nitrogens is 1. The Morgan fingerprint density at radius 3 is 2.37 bits per heavy atom. The number of carbonyl (C=O) groups excluding carboxylic acids is 1. The fourth-order valence-corrected chi connectivity index (χ4v) is 6.29. The number of sulfone groups is 1. The van der Waals surface area contributed by atoms with Gasteiger partial charge in [-0.25, -0.2) is 8.42 Å². The fraction of sp³-hybridized carbons (Fsp3) is 0.520. The van der Waals surface area contributed by atoms with Crippen molar-refractivity contribution in [2.45, 2.75) is 57.8 Å². The lowest BCUT2D eigenvalue weighted by molar-refractivity contribution is -0.135. The first-order chi connectivity index (χ1) is 16.4. The Kier molecular flexibility index (Phi) is 8.46. The highest BCUT2D eigenvalue weighted by atomic mass is 32.2. The van der Waals surface area contributed by atoms with Crippen LogP contribution in [-0.2, 0) is 33.0 Å². The van der Waals surface area contributed by atoms with E-state index in [9.17, 15) is 26.4 Å². The number of carbonyl (C=O) groups is 1. The van der Waals surface area contributed by atoms with E-state index in [2.05, 4.69) is 48.4 Å². The van der Waals surface area contributed by atoms with Gasteiger partial charge in [0, 0.05) is 25.8 Å². The molecule has 1 aliphatic heterocycles. The number of anilines is 1. The summed E-state index contributed by atoms with van der Waals surface area (Å²) >= 11 is 0. The van der Waals surface area contributed by atoms with Crippen molar-refractivity contribution >= 4 is 21.4 Å². The summed E-state index contributed by atoms with van der Waals surface area (Å²) in [7, 11) is -1.20. The Balaban J connectivity index is 0.000000850. The number of nitrogens with zero attached hydrogens (tertiary/aromatic N) is 2. The minimum Gasteiger partial charge on any atom is -0.380 e. The van der Waals surface area contributed by atoms with Gasteiger partial charge in [0.1, 0.15) is 9.84 Å². The van der Waals surface area contributed by atoms with Crippen LogP contribution >= 0.6 is 0 Å². The molecule has 10 heteroatoms. The standard InChI is InChI=1S/C24H31N3O3S.CHF3.H2/c1-24(2)21-7-5-4-6-18(21)14-22(24)26-19-8-9-20(25-15-19)16-27(3)23(28)17-10-12-31(29,30)13-11-17;2-1(3)4;/h4-9,15,17,22,26H,10-14,16H2,1-3H3;1H;1H. The van der Waals surface area contributed by atoms with Crippen LogP contribution in [0.1, 0.15) is 44.9 Å². The molecule has 1 saturated heterocycles. The van der Waals surface area contributed by atoms with Crippen LogP contribution in [0.3, 0.4) is 0 Å². The van der Waals surface area contributed by atoms with E-state index in [1.807, 2.05) is 18.3 Å². The second-order valence-corrected chi connectivity index (χ2v) is 12.0. The van der Waals surface area contributed by atoms with E-state index < -0.39 is 16.5 Å². The van der Waals surface area contributed by atoms with Gasteiger partial charge in [-0.3, -0.25) is 9.78 Å². The number of fused-ring (bicyclic) bond motifs is 1. The third-order valence-electron chi connectivity index (χ3n) is 6.85. The highest BCUT2D eigenvalue weighted by Gasteiger charge is 2.39. The van der Waals surface area contributed by atoms with Gasteiger partial charge in [0.25, 0.3) is 0 Å². The maximum atomic E-state index is 12.7. The van der Waals surface area contributed by atoms with E-state index in [1.54, 1.807) is 11.9 Å². The quantitative estimate of drug-likeness (QED) is 0.632. The molecule has 0 spiro atoms. The van der Waals surface area contributed by atoms with Crippen LogP contribution in [0.25, 0.3) is 0 Å². The summed E-state index contributed by atoms with van der Waals surface area (Å²) in [6, 6.07) is 12.9. The zero-order chi connectivity index (χ0) is 25.8. The largest absolute Gasteiger partial charge is 0.380 e. The van der Waals surface area contributed by atoms with Gasteiger partial charge in [0.15, 0.2) is 0 Å². The fourth-order valence-electron chi connectivity index (χ4n) is 4.80. The zero-order valence-electron chi connectivity index (χ0n) is 20.2. The van der Waals surface area contributed by atoms with Gasteiger partial charge in [-0.1, -0.05) is 38.1 Å². The molecule has 0 saturated carbocycles. The van der Waals surface area contributed by atoms with E-state index in [0.29, 0.717) is 25.4 Å². The monoisotopic (exact) mass is 513 g/mol. The van der Waals surface area contributed by atoms with Gasteiger partial charge in [-0.15, -0.1) is 0 Å². The number of hydrogen-bond donors (Lipinski definition) is 1. The van der Waals surface area contributed by atoms with Gasteiger partial charge >= 0.3 is 6.68 Å².